The number of likely N-dealkylation sites (N-methyl/N-ethyl adjacent to an activating group) is 1. The van der Waals surface area contributed by atoms with Crippen LogP contribution in [0.3, 0.4) is 0 Å². The maximum atomic E-state index is 12.7. The van der Waals surface area contributed by atoms with Gasteiger partial charge < -0.3 is 9.88 Å². The monoisotopic (exact) mass is 398 g/mol. The van der Waals surface area contributed by atoms with Gasteiger partial charge >= 0.3 is 0 Å². The zero-order chi connectivity index (χ0) is 19.0. The first-order valence-electron chi connectivity index (χ1n) is 8.97. The minimum atomic E-state index is -0.00777. The van der Waals surface area contributed by atoms with E-state index in [0.717, 1.165) is 30.6 Å². The van der Waals surface area contributed by atoms with Crippen molar-refractivity contribution in [1.29, 1.82) is 0 Å². The van der Waals surface area contributed by atoms with Crippen LogP contribution in [0.4, 0.5) is 0 Å². The number of hydrogen-bond donors (Lipinski definition) is 1. The van der Waals surface area contributed by atoms with Crippen LogP contribution in [0.15, 0.2) is 48.7 Å². The van der Waals surface area contributed by atoms with Crippen molar-refractivity contribution in [2.75, 3.05) is 20.1 Å². The number of Topliss-reactive ketones (excluding diaryl/α,β-unsaturated/α-hetero) is 1. The highest BCUT2D eigenvalue weighted by Gasteiger charge is 2.16. The first-order valence-corrected chi connectivity index (χ1v) is 9.73. The predicted octanol–water partition coefficient (Wildman–Crippen LogP) is 5.62. The summed E-state index contributed by atoms with van der Waals surface area (Å²) in [4.78, 5) is 18.3. The molecule has 1 aliphatic rings. The normalized spacial score (nSPS) is 15.1. The fraction of sp³-hybridized carbons (Fsp3) is 0.227. The standard InChI is InChI=1S/C22H20Cl2N2O/c1-26-8-6-15(7-9-26)19-13-25-21-5-2-14(10-18(19)21)11-22(27)17-4-3-16(23)12-20(17)24/h2-6,10,12-13,25H,7-9,11H2,1H3. The number of halogens is 2. The molecule has 0 aliphatic carbocycles. The SMILES string of the molecule is CN1CC=C(c2c[nH]c3ccc(CC(=O)c4ccc(Cl)cc4Cl)cc23)CC1. The third-order valence-corrected chi connectivity index (χ3v) is 5.65. The lowest BCUT2D eigenvalue weighted by atomic mass is 9.96. The molecule has 1 aromatic heterocycles. The zero-order valence-electron chi connectivity index (χ0n) is 15.1. The zero-order valence-corrected chi connectivity index (χ0v) is 16.6. The Morgan fingerprint density at radius 3 is 2.78 bits per heavy atom. The van der Waals surface area contributed by atoms with Crippen LogP contribution in [0.5, 0.6) is 0 Å². The van der Waals surface area contributed by atoms with Gasteiger partial charge in [-0.25, -0.2) is 0 Å². The molecule has 4 rings (SSSR count). The fourth-order valence-corrected chi connectivity index (χ4v) is 4.07. The Morgan fingerprint density at radius 2 is 2.04 bits per heavy atom. The predicted molar refractivity (Wildman–Crippen MR) is 113 cm³/mol. The number of fused-ring (bicyclic) bond motifs is 1. The average Bonchev–Trinajstić information content (AvgIpc) is 3.05. The van der Waals surface area contributed by atoms with E-state index < -0.39 is 0 Å². The molecule has 0 amide bonds. The van der Waals surface area contributed by atoms with Crippen molar-refractivity contribution in [3.05, 3.63) is 75.4 Å². The quantitative estimate of drug-likeness (QED) is 0.578. The molecule has 27 heavy (non-hydrogen) atoms. The third kappa shape index (κ3) is 3.81. The summed E-state index contributed by atoms with van der Waals surface area (Å²) >= 11 is 12.1. The highest BCUT2D eigenvalue weighted by atomic mass is 35.5. The van der Waals surface area contributed by atoms with Gasteiger partial charge in [0, 0.05) is 52.8 Å². The molecule has 3 nitrogen and oxygen atoms in total. The van der Waals surface area contributed by atoms with Gasteiger partial charge in [-0.2, -0.15) is 0 Å². The van der Waals surface area contributed by atoms with E-state index in [2.05, 4.69) is 35.3 Å². The van der Waals surface area contributed by atoms with Crippen molar-refractivity contribution >= 4 is 45.5 Å². The summed E-state index contributed by atoms with van der Waals surface area (Å²) < 4.78 is 0. The van der Waals surface area contributed by atoms with Crippen molar-refractivity contribution in [3.8, 4) is 0 Å². The Bertz CT molecular complexity index is 1050. The molecule has 0 radical (unpaired) electrons. The molecule has 0 bridgehead atoms. The van der Waals surface area contributed by atoms with Crippen LogP contribution >= 0.6 is 23.2 Å². The van der Waals surface area contributed by atoms with Crippen molar-refractivity contribution in [1.82, 2.24) is 9.88 Å². The molecule has 3 aromatic rings. The summed E-state index contributed by atoms with van der Waals surface area (Å²) in [6.07, 6.45) is 5.71. The lowest BCUT2D eigenvalue weighted by Crippen LogP contribution is -2.23. The van der Waals surface area contributed by atoms with E-state index in [9.17, 15) is 4.79 Å². The number of nitrogens with one attached hydrogen (secondary N) is 1. The topological polar surface area (TPSA) is 36.1 Å². The number of nitrogens with zero attached hydrogens (tertiary/aromatic N) is 1. The molecule has 5 heteroatoms. The molecular weight excluding hydrogens is 379 g/mol. The van der Waals surface area contributed by atoms with E-state index in [0.29, 0.717) is 22.0 Å². The third-order valence-electron chi connectivity index (χ3n) is 5.10. The van der Waals surface area contributed by atoms with E-state index >= 15 is 0 Å². The molecule has 1 N–H and O–H groups in total. The molecule has 0 unspecified atom stereocenters. The minimum absolute atomic E-state index is 0.00777. The van der Waals surface area contributed by atoms with E-state index in [1.54, 1.807) is 18.2 Å². The number of benzene rings is 2. The lowest BCUT2D eigenvalue weighted by molar-refractivity contribution is 0.0993. The highest BCUT2D eigenvalue weighted by Crippen LogP contribution is 2.30. The van der Waals surface area contributed by atoms with Gasteiger partial charge in [-0.1, -0.05) is 35.3 Å². The van der Waals surface area contributed by atoms with E-state index in [1.165, 1.54) is 16.5 Å². The van der Waals surface area contributed by atoms with Crippen molar-refractivity contribution in [3.63, 3.8) is 0 Å². The van der Waals surface area contributed by atoms with Gasteiger partial charge in [0.25, 0.3) is 0 Å². The first kappa shape index (κ1) is 18.3. The Labute approximate surface area is 168 Å². The van der Waals surface area contributed by atoms with Crippen LogP contribution < -0.4 is 0 Å². The molecule has 0 fully saturated rings. The molecule has 0 saturated heterocycles. The van der Waals surface area contributed by atoms with E-state index in [1.807, 2.05) is 12.1 Å². The number of ketones is 1. The van der Waals surface area contributed by atoms with Crippen molar-refractivity contribution in [2.45, 2.75) is 12.8 Å². The van der Waals surface area contributed by atoms with Crippen LogP contribution in [-0.4, -0.2) is 35.8 Å². The molecule has 138 valence electrons. The second-order valence-corrected chi connectivity index (χ2v) is 7.89. The summed E-state index contributed by atoms with van der Waals surface area (Å²) in [5.41, 5.74) is 5.17. The number of carbonyl (C=O) groups excluding carboxylic acids is 1. The Balaban J connectivity index is 1.63. The summed E-state index contributed by atoms with van der Waals surface area (Å²) in [5.74, 6) is -0.00777. The lowest BCUT2D eigenvalue weighted by Gasteiger charge is -2.21. The summed E-state index contributed by atoms with van der Waals surface area (Å²) in [7, 11) is 2.13. The molecular formula is C22H20Cl2N2O. The van der Waals surface area contributed by atoms with Crippen LogP contribution in [0.1, 0.15) is 27.9 Å². The molecule has 2 aromatic carbocycles. The smallest absolute Gasteiger partial charge is 0.168 e. The minimum Gasteiger partial charge on any atom is -0.361 e. The van der Waals surface area contributed by atoms with E-state index in [-0.39, 0.29) is 5.78 Å². The number of carbonyl (C=O) groups is 1. The highest BCUT2D eigenvalue weighted by molar-refractivity contribution is 6.36. The van der Waals surface area contributed by atoms with Gasteiger partial charge in [0.05, 0.1) is 5.02 Å². The summed E-state index contributed by atoms with van der Waals surface area (Å²) in [5, 5.41) is 2.09. The number of H-pyrrole nitrogens is 1. The maximum absolute atomic E-state index is 12.7. The second kappa shape index (κ2) is 7.51. The first-order chi connectivity index (χ1) is 13.0. The van der Waals surface area contributed by atoms with Gasteiger partial charge in [0.15, 0.2) is 5.78 Å². The largest absolute Gasteiger partial charge is 0.361 e. The number of rotatable bonds is 4. The van der Waals surface area contributed by atoms with Gasteiger partial charge in [-0.15, -0.1) is 0 Å². The second-order valence-electron chi connectivity index (χ2n) is 7.05. The van der Waals surface area contributed by atoms with Crippen molar-refractivity contribution < 1.29 is 4.79 Å². The average molecular weight is 399 g/mol. The Kier molecular flexibility index (Phi) is 5.09. The number of aromatic nitrogens is 1. The van der Waals surface area contributed by atoms with E-state index in [4.69, 9.17) is 23.2 Å². The molecule has 0 saturated carbocycles. The van der Waals surface area contributed by atoms with Crippen LogP contribution in [-0.2, 0) is 6.42 Å². The Hall–Kier alpha value is -2.07. The maximum Gasteiger partial charge on any atom is 0.168 e. The van der Waals surface area contributed by atoms with Gasteiger partial charge in [0.1, 0.15) is 0 Å². The molecule has 0 atom stereocenters. The molecule has 1 aliphatic heterocycles. The molecule has 0 spiro atoms. The molecule has 2 heterocycles. The van der Waals surface area contributed by atoms with Gasteiger partial charge in [-0.3, -0.25) is 4.79 Å². The van der Waals surface area contributed by atoms with Crippen molar-refractivity contribution in [2.24, 2.45) is 0 Å². The van der Waals surface area contributed by atoms with Gasteiger partial charge in [0.2, 0.25) is 0 Å². The van der Waals surface area contributed by atoms with Crippen LogP contribution in [0.25, 0.3) is 16.5 Å². The van der Waals surface area contributed by atoms with Crippen LogP contribution in [0, 0.1) is 0 Å². The summed E-state index contributed by atoms with van der Waals surface area (Å²) in [6, 6.07) is 11.1. The summed E-state index contributed by atoms with van der Waals surface area (Å²) in [6.45, 7) is 2.03. The van der Waals surface area contributed by atoms with Crippen LogP contribution in [0.2, 0.25) is 10.0 Å². The van der Waals surface area contributed by atoms with Gasteiger partial charge in [-0.05, 0) is 54.9 Å². The number of hydrogen-bond acceptors (Lipinski definition) is 2. The Morgan fingerprint density at radius 1 is 1.19 bits per heavy atom. The fourth-order valence-electron chi connectivity index (χ4n) is 3.55. The number of aromatic amines is 1.